The van der Waals surface area contributed by atoms with E-state index in [2.05, 4.69) is 40.7 Å². The number of nitrogens with zero attached hydrogens (tertiary/aromatic N) is 1. The van der Waals surface area contributed by atoms with Gasteiger partial charge in [-0.05, 0) is 86.3 Å². The molecule has 2 heterocycles. The molecule has 2 saturated carbocycles. The molecule has 9 nitrogen and oxygen atoms in total. The Morgan fingerprint density at radius 1 is 0.925 bits per heavy atom. The van der Waals surface area contributed by atoms with Gasteiger partial charge in [-0.1, -0.05) is 67.3 Å². The Hall–Kier alpha value is -3.76. The number of aromatic nitrogens is 1. The Morgan fingerprint density at radius 2 is 1.77 bits per heavy atom. The van der Waals surface area contributed by atoms with E-state index in [1.807, 2.05) is 18.2 Å². The van der Waals surface area contributed by atoms with E-state index in [-0.39, 0.29) is 35.2 Å². The Bertz CT molecular complexity index is 1800. The normalized spacial score (nSPS) is 31.6. The summed E-state index contributed by atoms with van der Waals surface area (Å²) in [4.78, 5) is 4.19. The summed E-state index contributed by atoms with van der Waals surface area (Å²) < 4.78 is 12.5. The third kappa shape index (κ3) is 7.13. The molecule has 3 aromatic rings. The van der Waals surface area contributed by atoms with Gasteiger partial charge in [0.1, 0.15) is 5.75 Å². The lowest BCUT2D eigenvalue weighted by atomic mass is 9.67. The van der Waals surface area contributed by atoms with Crippen molar-refractivity contribution in [2.24, 2.45) is 17.8 Å². The Labute approximate surface area is 312 Å². The number of benzene rings is 2. The number of allylic oxidation sites excluding steroid dienone is 3. The zero-order chi connectivity index (χ0) is 36.6. The lowest BCUT2D eigenvalue weighted by Gasteiger charge is -2.46. The van der Waals surface area contributed by atoms with Gasteiger partial charge in [0.2, 0.25) is 5.75 Å². The smallest absolute Gasteiger partial charge is 0.201 e. The van der Waals surface area contributed by atoms with Gasteiger partial charge >= 0.3 is 0 Å². The highest BCUT2D eigenvalue weighted by atomic mass is 16.5. The summed E-state index contributed by atoms with van der Waals surface area (Å²) in [6.07, 6.45) is 23.1. The van der Waals surface area contributed by atoms with Gasteiger partial charge in [0.25, 0.3) is 0 Å². The van der Waals surface area contributed by atoms with Crippen molar-refractivity contribution in [1.29, 1.82) is 0 Å². The van der Waals surface area contributed by atoms with Gasteiger partial charge in [-0.2, -0.15) is 12.4 Å². The number of phenols is 3. The van der Waals surface area contributed by atoms with Crippen LogP contribution in [0.15, 0.2) is 61.0 Å². The number of hydrogen-bond donors (Lipinski definition) is 6. The molecule has 5 aliphatic rings. The molecule has 1 aromatic heterocycles. The first kappa shape index (κ1) is 36.2. The van der Waals surface area contributed by atoms with Crippen molar-refractivity contribution in [2.75, 3.05) is 7.11 Å². The maximum absolute atomic E-state index is 11.6. The molecule has 8 rings (SSSR count). The molecular weight excluding hydrogens is 668 g/mol. The maximum atomic E-state index is 11.6. The van der Waals surface area contributed by atoms with E-state index in [0.29, 0.717) is 60.1 Å². The highest BCUT2D eigenvalue weighted by molar-refractivity contribution is 5.64. The number of methoxy groups -OCH3 is 1. The fourth-order valence-electron chi connectivity index (χ4n) is 10.6. The van der Waals surface area contributed by atoms with E-state index in [1.54, 1.807) is 12.4 Å². The second kappa shape index (κ2) is 15.5. The first-order chi connectivity index (χ1) is 25.8. The third-order valence-electron chi connectivity index (χ3n) is 13.3. The van der Waals surface area contributed by atoms with Crippen LogP contribution in [0.4, 0.5) is 0 Å². The highest BCUT2D eigenvalue weighted by Crippen LogP contribution is 2.53. The monoisotopic (exact) mass is 723 g/mol. The van der Waals surface area contributed by atoms with Crippen LogP contribution < -0.4 is 15.0 Å². The molecule has 0 radical (unpaired) electrons. The molecule has 1 saturated heterocycles. The average Bonchev–Trinajstić information content (AvgIpc) is 3.69. The Kier molecular flexibility index (Phi) is 10.6. The van der Waals surface area contributed by atoms with Crippen molar-refractivity contribution in [3.05, 3.63) is 94.3 Å². The van der Waals surface area contributed by atoms with E-state index in [0.717, 1.165) is 36.8 Å². The minimum absolute atomic E-state index is 0.0448. The van der Waals surface area contributed by atoms with E-state index in [9.17, 15) is 25.5 Å². The Balaban J connectivity index is 1.03. The molecule has 53 heavy (non-hydrogen) atoms. The lowest BCUT2D eigenvalue weighted by molar-refractivity contribution is -0.154. The van der Waals surface area contributed by atoms with Crippen LogP contribution in [0.1, 0.15) is 122 Å². The predicted octanol–water partition coefficient (Wildman–Crippen LogP) is 7.15. The van der Waals surface area contributed by atoms with Gasteiger partial charge in [-0.25, -0.2) is 0 Å². The van der Waals surface area contributed by atoms with E-state index in [1.165, 1.54) is 44.8 Å². The molecule has 4 aliphatic carbocycles. The molecule has 0 spiro atoms. The number of ether oxygens (including phenoxy) is 2. The topological polar surface area (TPSA) is 146 Å². The lowest BCUT2D eigenvalue weighted by Crippen LogP contribution is -2.44. The third-order valence-corrected chi connectivity index (χ3v) is 13.3. The molecule has 0 amide bonds. The van der Waals surface area contributed by atoms with E-state index >= 15 is 0 Å². The fraction of sp³-hybridized carbons (Fsp3) is 0.545. The van der Waals surface area contributed by atoms with E-state index < -0.39 is 30.3 Å². The molecule has 0 bridgehead atoms. The first-order valence-electron chi connectivity index (χ1n) is 19.9. The molecule has 9 atom stereocenters. The SMILES string of the molecule is COc1c(O)c(O)c(CO)c(C2CC(O)C3CCC(c4ccc(O)c(C5C=CCC6CC(NC7CCCCC7)C=CC65)c4)CC3O2)c1Cc1cc[n-]c1. The van der Waals surface area contributed by atoms with Gasteiger partial charge in [-0.3, -0.25) is 0 Å². The Morgan fingerprint density at radius 3 is 2.55 bits per heavy atom. The zero-order valence-corrected chi connectivity index (χ0v) is 30.7. The number of phenolic OH excluding ortho intramolecular Hbond substituents is 2. The number of nitrogens with one attached hydrogen (secondary N) is 1. The second-order valence-electron chi connectivity index (χ2n) is 16.3. The molecule has 2 aromatic carbocycles. The van der Waals surface area contributed by atoms with Gasteiger partial charge in [0.15, 0.2) is 11.5 Å². The van der Waals surface area contributed by atoms with Crippen LogP contribution in [0.2, 0.25) is 0 Å². The van der Waals surface area contributed by atoms with Gasteiger partial charge in [0, 0.05) is 47.0 Å². The number of fused-ring (bicyclic) bond motifs is 2. The number of aliphatic hydroxyl groups excluding tert-OH is 2. The quantitative estimate of drug-likeness (QED) is 0.100. The molecule has 9 unspecified atom stereocenters. The summed E-state index contributed by atoms with van der Waals surface area (Å²) in [6, 6.07) is 9.04. The number of aliphatic hydroxyl groups is 2. The number of hydrogen-bond acceptors (Lipinski definition) is 8. The van der Waals surface area contributed by atoms with Crippen LogP contribution >= 0.6 is 0 Å². The van der Waals surface area contributed by atoms with Crippen LogP contribution in [0, 0.1) is 17.8 Å². The minimum atomic E-state index is -0.643. The molecule has 6 N–H and O–H groups in total. The van der Waals surface area contributed by atoms with Crippen molar-refractivity contribution in [2.45, 2.75) is 126 Å². The van der Waals surface area contributed by atoms with Crippen LogP contribution in [-0.2, 0) is 17.8 Å². The second-order valence-corrected chi connectivity index (χ2v) is 16.3. The van der Waals surface area contributed by atoms with Crippen molar-refractivity contribution < 1.29 is 35.0 Å². The van der Waals surface area contributed by atoms with Crippen molar-refractivity contribution in [3.63, 3.8) is 0 Å². The van der Waals surface area contributed by atoms with Gasteiger partial charge in [-0.15, -0.1) is 0 Å². The number of aromatic hydroxyl groups is 3. The van der Waals surface area contributed by atoms with Crippen molar-refractivity contribution >= 4 is 0 Å². The average molecular weight is 724 g/mol. The van der Waals surface area contributed by atoms with Crippen LogP contribution in [0.3, 0.4) is 0 Å². The van der Waals surface area contributed by atoms with Crippen LogP contribution in [-0.4, -0.2) is 56.9 Å². The molecule has 9 heteroatoms. The van der Waals surface area contributed by atoms with Crippen LogP contribution in [0.5, 0.6) is 23.0 Å². The summed E-state index contributed by atoms with van der Waals surface area (Å²) >= 11 is 0. The largest absolute Gasteiger partial charge is 0.670 e. The zero-order valence-electron chi connectivity index (χ0n) is 30.7. The minimum Gasteiger partial charge on any atom is -0.670 e. The predicted molar refractivity (Wildman–Crippen MR) is 202 cm³/mol. The standard InChI is InChI=1S/C44H55N2O7/c1-52-44-35(18-25-16-17-45-23-25)41(36(24-47)42(50)43(44)51)40-22-38(49)33-13-10-27(21-39(33)53-40)26-11-15-37(48)34(20-26)32-9-5-6-28-19-30(12-14-31(28)32)46-29-7-3-2-4-8-29/h5,9,11-12,14-17,20,23,27-33,38-40,46-51H,2-4,6-8,10,13,18-19,21-22,24H2,1H3/q-1. The number of rotatable bonds is 9. The summed E-state index contributed by atoms with van der Waals surface area (Å²) in [7, 11) is 1.44. The van der Waals surface area contributed by atoms with Crippen molar-refractivity contribution in [1.82, 2.24) is 10.3 Å². The van der Waals surface area contributed by atoms with Crippen molar-refractivity contribution in [3.8, 4) is 23.0 Å². The highest BCUT2D eigenvalue weighted by Gasteiger charge is 2.44. The molecule has 284 valence electrons. The first-order valence-corrected chi connectivity index (χ1v) is 19.9. The summed E-state index contributed by atoms with van der Waals surface area (Å²) in [5.41, 5.74) is 4.35. The molecule has 3 fully saturated rings. The van der Waals surface area contributed by atoms with Gasteiger partial charge < -0.3 is 45.3 Å². The van der Waals surface area contributed by atoms with Crippen LogP contribution in [0.25, 0.3) is 0 Å². The maximum Gasteiger partial charge on any atom is 0.201 e. The van der Waals surface area contributed by atoms with Gasteiger partial charge in [0.05, 0.1) is 32.0 Å². The summed E-state index contributed by atoms with van der Waals surface area (Å²) in [5.74, 6) is 0.706. The molecular formula is C44H55N2O7-. The summed E-state index contributed by atoms with van der Waals surface area (Å²) in [5, 5.41) is 59.2. The van der Waals surface area contributed by atoms with E-state index in [4.69, 9.17) is 9.47 Å². The summed E-state index contributed by atoms with van der Waals surface area (Å²) in [6.45, 7) is -0.516. The molecule has 1 aliphatic heterocycles. The fourth-order valence-corrected chi connectivity index (χ4v) is 10.6.